The van der Waals surface area contributed by atoms with Gasteiger partial charge in [-0.2, -0.15) is 0 Å². The first kappa shape index (κ1) is 14.8. The van der Waals surface area contributed by atoms with Gasteiger partial charge < -0.3 is 10.0 Å². The van der Waals surface area contributed by atoms with Crippen LogP contribution in [0, 0.1) is 5.82 Å². The van der Waals surface area contributed by atoms with Gasteiger partial charge in [0.15, 0.2) is 0 Å². The van der Waals surface area contributed by atoms with Gasteiger partial charge in [-0.15, -0.1) is 11.8 Å². The molecule has 20 heavy (non-hydrogen) atoms. The van der Waals surface area contributed by atoms with Crippen LogP contribution in [0.4, 0.5) is 4.39 Å². The molecule has 1 heterocycles. The van der Waals surface area contributed by atoms with Crippen LogP contribution in [0.5, 0.6) is 0 Å². The van der Waals surface area contributed by atoms with E-state index in [2.05, 4.69) is 0 Å². The van der Waals surface area contributed by atoms with Gasteiger partial charge in [0, 0.05) is 11.4 Å². The summed E-state index contributed by atoms with van der Waals surface area (Å²) in [5, 5.41) is 9.13. The zero-order chi connectivity index (χ0) is 14.5. The van der Waals surface area contributed by atoms with Gasteiger partial charge in [-0.1, -0.05) is 0 Å². The van der Waals surface area contributed by atoms with E-state index in [1.54, 1.807) is 12.1 Å². The van der Waals surface area contributed by atoms with Gasteiger partial charge in [-0.05, 0) is 43.5 Å². The maximum atomic E-state index is 12.8. The molecular formula is C14H16FNO3S. The molecule has 1 saturated heterocycles. The van der Waals surface area contributed by atoms with E-state index >= 15 is 0 Å². The average Bonchev–Trinajstić information content (AvgIpc) is 2.46. The number of likely N-dealkylation sites (tertiary alicyclic amines) is 1. The monoisotopic (exact) mass is 297 g/mol. The summed E-state index contributed by atoms with van der Waals surface area (Å²) >= 11 is 1.29. The highest BCUT2D eigenvalue weighted by atomic mass is 32.2. The molecule has 1 aromatic rings. The minimum Gasteiger partial charge on any atom is -0.480 e. The first-order chi connectivity index (χ1) is 9.58. The van der Waals surface area contributed by atoms with Crippen LogP contribution in [0.2, 0.25) is 0 Å². The van der Waals surface area contributed by atoms with Gasteiger partial charge in [-0.25, -0.2) is 9.18 Å². The summed E-state index contributed by atoms with van der Waals surface area (Å²) in [5.41, 5.74) is 0. The molecule has 108 valence electrons. The molecule has 0 radical (unpaired) electrons. The van der Waals surface area contributed by atoms with Crippen LogP contribution in [0.3, 0.4) is 0 Å². The molecule has 0 spiro atoms. The van der Waals surface area contributed by atoms with Gasteiger partial charge >= 0.3 is 5.97 Å². The van der Waals surface area contributed by atoms with Crippen LogP contribution in [0.1, 0.15) is 19.3 Å². The van der Waals surface area contributed by atoms with Crippen LogP contribution < -0.4 is 0 Å². The number of hydrogen-bond donors (Lipinski definition) is 1. The number of nitrogens with zero attached hydrogens (tertiary/aromatic N) is 1. The number of amides is 1. The lowest BCUT2D eigenvalue weighted by Gasteiger charge is -2.32. The number of carboxylic acid groups (broad SMARTS) is 1. The molecule has 0 aliphatic carbocycles. The maximum absolute atomic E-state index is 12.8. The zero-order valence-electron chi connectivity index (χ0n) is 10.9. The molecule has 1 atom stereocenters. The third-order valence-electron chi connectivity index (χ3n) is 3.28. The molecule has 0 unspecified atom stereocenters. The quantitative estimate of drug-likeness (QED) is 0.867. The van der Waals surface area contributed by atoms with Crippen molar-refractivity contribution in [3.05, 3.63) is 30.1 Å². The third-order valence-corrected chi connectivity index (χ3v) is 4.28. The van der Waals surface area contributed by atoms with E-state index in [1.807, 2.05) is 0 Å². The number of thioether (sulfide) groups is 1. The minimum absolute atomic E-state index is 0.175. The van der Waals surface area contributed by atoms with Crippen molar-refractivity contribution in [2.24, 2.45) is 0 Å². The molecule has 0 bridgehead atoms. The fourth-order valence-electron chi connectivity index (χ4n) is 2.25. The lowest BCUT2D eigenvalue weighted by molar-refractivity contribution is -0.150. The second-order valence-electron chi connectivity index (χ2n) is 4.68. The highest BCUT2D eigenvalue weighted by Crippen LogP contribution is 2.22. The Bertz CT molecular complexity index is 492. The standard InChI is InChI=1S/C14H16FNO3S/c15-10-4-6-11(7-5-10)20-9-13(17)16-8-2-1-3-12(16)14(18)19/h4-7,12H,1-3,8-9H2,(H,18,19)/t12-/m1/s1. The van der Waals surface area contributed by atoms with E-state index in [-0.39, 0.29) is 17.5 Å². The topological polar surface area (TPSA) is 57.6 Å². The largest absolute Gasteiger partial charge is 0.480 e. The lowest BCUT2D eigenvalue weighted by atomic mass is 10.0. The summed E-state index contributed by atoms with van der Waals surface area (Å²) in [6.45, 7) is 0.500. The fraction of sp³-hybridized carbons (Fsp3) is 0.429. The van der Waals surface area contributed by atoms with E-state index in [4.69, 9.17) is 5.11 Å². The Labute approximate surface area is 121 Å². The molecule has 1 N–H and O–H groups in total. The van der Waals surface area contributed by atoms with Gasteiger partial charge in [0.1, 0.15) is 11.9 Å². The second kappa shape index (κ2) is 6.74. The number of aliphatic carboxylic acids is 1. The highest BCUT2D eigenvalue weighted by molar-refractivity contribution is 8.00. The fourth-order valence-corrected chi connectivity index (χ4v) is 3.03. The molecule has 1 aliphatic rings. The minimum atomic E-state index is -0.940. The van der Waals surface area contributed by atoms with E-state index < -0.39 is 12.0 Å². The van der Waals surface area contributed by atoms with Gasteiger partial charge in [0.05, 0.1) is 5.75 Å². The van der Waals surface area contributed by atoms with Crippen molar-refractivity contribution >= 4 is 23.6 Å². The van der Waals surface area contributed by atoms with Gasteiger partial charge in [0.25, 0.3) is 0 Å². The molecular weight excluding hydrogens is 281 g/mol. The zero-order valence-corrected chi connectivity index (χ0v) is 11.7. The van der Waals surface area contributed by atoms with E-state index in [9.17, 15) is 14.0 Å². The Kier molecular flexibility index (Phi) is 5.00. The van der Waals surface area contributed by atoms with Crippen LogP contribution in [0.25, 0.3) is 0 Å². The van der Waals surface area contributed by atoms with Crippen LogP contribution >= 0.6 is 11.8 Å². The molecule has 1 aromatic carbocycles. The third kappa shape index (κ3) is 3.72. The molecule has 2 rings (SSSR count). The van der Waals surface area contributed by atoms with E-state index in [1.165, 1.54) is 28.8 Å². The lowest BCUT2D eigenvalue weighted by Crippen LogP contribution is -2.48. The summed E-state index contributed by atoms with van der Waals surface area (Å²) in [6, 6.07) is 5.20. The number of rotatable bonds is 4. The average molecular weight is 297 g/mol. The number of hydrogen-bond acceptors (Lipinski definition) is 3. The number of piperidine rings is 1. The number of carboxylic acids is 1. The molecule has 4 nitrogen and oxygen atoms in total. The van der Waals surface area contributed by atoms with Gasteiger partial charge in [0.2, 0.25) is 5.91 Å². The van der Waals surface area contributed by atoms with Crippen molar-refractivity contribution < 1.29 is 19.1 Å². The molecule has 0 aromatic heterocycles. The Balaban J connectivity index is 1.93. The first-order valence-electron chi connectivity index (χ1n) is 6.48. The maximum Gasteiger partial charge on any atom is 0.326 e. The van der Waals surface area contributed by atoms with Crippen molar-refractivity contribution in [2.75, 3.05) is 12.3 Å². The number of carbonyl (C=O) groups is 2. The van der Waals surface area contributed by atoms with Crippen molar-refractivity contribution in [3.63, 3.8) is 0 Å². The molecule has 1 fully saturated rings. The molecule has 6 heteroatoms. The summed E-state index contributed by atoms with van der Waals surface area (Å²) in [5.74, 6) is -1.26. The smallest absolute Gasteiger partial charge is 0.326 e. The number of carbonyl (C=O) groups excluding carboxylic acids is 1. The summed E-state index contributed by atoms with van der Waals surface area (Å²) in [7, 11) is 0. The predicted octanol–water partition coefficient (Wildman–Crippen LogP) is 2.38. The van der Waals surface area contributed by atoms with Crippen LogP contribution in [-0.2, 0) is 9.59 Å². The predicted molar refractivity (Wildman–Crippen MR) is 74.1 cm³/mol. The summed E-state index contributed by atoms with van der Waals surface area (Å²) < 4.78 is 12.8. The Morgan fingerprint density at radius 1 is 1.30 bits per heavy atom. The van der Waals surface area contributed by atoms with Gasteiger partial charge in [-0.3, -0.25) is 4.79 Å². The molecule has 0 saturated carbocycles. The highest BCUT2D eigenvalue weighted by Gasteiger charge is 2.31. The molecule has 1 aliphatic heterocycles. The van der Waals surface area contributed by atoms with E-state index in [0.717, 1.165) is 17.7 Å². The number of benzene rings is 1. The molecule has 1 amide bonds. The summed E-state index contributed by atoms with van der Waals surface area (Å²) in [6.07, 6.45) is 2.20. The van der Waals surface area contributed by atoms with Crippen molar-refractivity contribution in [3.8, 4) is 0 Å². The first-order valence-corrected chi connectivity index (χ1v) is 7.47. The SMILES string of the molecule is O=C(O)[C@H]1CCCCN1C(=O)CSc1ccc(F)cc1. The van der Waals surface area contributed by atoms with Crippen molar-refractivity contribution in [1.29, 1.82) is 0 Å². The van der Waals surface area contributed by atoms with Crippen molar-refractivity contribution in [2.45, 2.75) is 30.2 Å². The Morgan fingerprint density at radius 3 is 2.65 bits per heavy atom. The number of halogens is 1. The van der Waals surface area contributed by atoms with Crippen molar-refractivity contribution in [1.82, 2.24) is 4.90 Å². The van der Waals surface area contributed by atoms with E-state index in [0.29, 0.717) is 13.0 Å². The Morgan fingerprint density at radius 2 is 2.00 bits per heavy atom. The summed E-state index contributed by atoms with van der Waals surface area (Å²) in [4.78, 5) is 25.5. The normalized spacial score (nSPS) is 18.9. The van der Waals surface area contributed by atoms with Crippen LogP contribution in [0.15, 0.2) is 29.2 Å². The Hall–Kier alpha value is -1.56. The second-order valence-corrected chi connectivity index (χ2v) is 5.73. The van der Waals surface area contributed by atoms with Crippen LogP contribution in [-0.4, -0.2) is 40.2 Å².